The zero-order valence-corrected chi connectivity index (χ0v) is 11.2. The molecule has 0 aliphatic heterocycles. The van der Waals surface area contributed by atoms with Gasteiger partial charge in [-0.05, 0) is 30.9 Å². The van der Waals surface area contributed by atoms with E-state index in [0.717, 1.165) is 19.3 Å². The molecule has 0 saturated heterocycles. The van der Waals surface area contributed by atoms with Crippen LogP contribution in [-0.4, -0.2) is 28.1 Å². The third kappa shape index (κ3) is 3.67. The zero-order valence-electron chi connectivity index (χ0n) is 11.2. The number of carbonyl (C=O) groups is 1. The maximum absolute atomic E-state index is 10.9. The molecule has 5 heteroatoms. The Hall–Kier alpha value is -1.62. The first-order valence-corrected chi connectivity index (χ1v) is 6.71. The van der Waals surface area contributed by atoms with Crippen molar-refractivity contribution in [3.8, 4) is 0 Å². The van der Waals surface area contributed by atoms with Crippen molar-refractivity contribution < 1.29 is 9.90 Å². The number of hydrogen-bond acceptors (Lipinski definition) is 4. The summed E-state index contributed by atoms with van der Waals surface area (Å²) in [7, 11) is 0. The molecule has 1 aliphatic rings. The number of aromatic nitrogens is 1. The Labute approximate surface area is 113 Å². The van der Waals surface area contributed by atoms with Crippen LogP contribution in [0.25, 0.3) is 0 Å². The second kappa shape index (κ2) is 5.57. The van der Waals surface area contributed by atoms with Gasteiger partial charge in [-0.15, -0.1) is 0 Å². The molecular weight excluding hydrogens is 242 g/mol. The van der Waals surface area contributed by atoms with Gasteiger partial charge in [-0.25, -0.2) is 4.98 Å². The summed E-state index contributed by atoms with van der Waals surface area (Å²) in [5.41, 5.74) is 4.89. The van der Waals surface area contributed by atoms with Crippen LogP contribution in [0.4, 0.5) is 5.82 Å². The number of pyridine rings is 1. The van der Waals surface area contributed by atoms with Crippen molar-refractivity contribution in [1.82, 2.24) is 4.98 Å². The third-order valence-corrected chi connectivity index (χ3v) is 3.71. The Balaban J connectivity index is 1.92. The topological polar surface area (TPSA) is 88.2 Å². The fraction of sp³-hybridized carbons (Fsp3) is 0.571. The monoisotopic (exact) mass is 263 g/mol. The summed E-state index contributed by atoms with van der Waals surface area (Å²) in [6, 6.07) is 3.33. The molecular formula is C14H21N3O2. The molecule has 0 radical (unpaired) electrons. The fourth-order valence-corrected chi connectivity index (χ4v) is 2.69. The SMILES string of the molecule is CC1CCCC(O)(CNc2ccc(C(N)=O)cn2)C1. The summed E-state index contributed by atoms with van der Waals surface area (Å²) in [5, 5.41) is 13.6. The second-order valence-electron chi connectivity index (χ2n) is 5.58. The number of primary amides is 1. The van der Waals surface area contributed by atoms with Gasteiger partial charge in [0.25, 0.3) is 0 Å². The number of anilines is 1. The average Bonchev–Trinajstić information content (AvgIpc) is 2.37. The number of nitrogens with two attached hydrogens (primary N) is 1. The molecule has 1 aromatic heterocycles. The smallest absolute Gasteiger partial charge is 0.250 e. The summed E-state index contributed by atoms with van der Waals surface area (Å²) >= 11 is 0. The van der Waals surface area contributed by atoms with Gasteiger partial charge in [0, 0.05) is 12.7 Å². The van der Waals surface area contributed by atoms with Crippen molar-refractivity contribution in [2.24, 2.45) is 11.7 Å². The van der Waals surface area contributed by atoms with E-state index in [-0.39, 0.29) is 0 Å². The number of carbonyl (C=O) groups excluding carboxylic acids is 1. The highest BCUT2D eigenvalue weighted by atomic mass is 16.3. The summed E-state index contributed by atoms with van der Waals surface area (Å²) in [6.45, 7) is 2.66. The van der Waals surface area contributed by atoms with Gasteiger partial charge in [-0.1, -0.05) is 19.8 Å². The zero-order chi connectivity index (χ0) is 13.9. The van der Waals surface area contributed by atoms with Crippen LogP contribution in [0.2, 0.25) is 0 Å². The Kier molecular flexibility index (Phi) is 4.04. The molecule has 1 saturated carbocycles. The van der Waals surface area contributed by atoms with Crippen molar-refractivity contribution in [3.05, 3.63) is 23.9 Å². The molecule has 2 unspecified atom stereocenters. The van der Waals surface area contributed by atoms with E-state index in [1.165, 1.54) is 12.6 Å². The van der Waals surface area contributed by atoms with Gasteiger partial charge in [0.2, 0.25) is 5.91 Å². The Bertz CT molecular complexity index is 447. The molecule has 0 spiro atoms. The summed E-state index contributed by atoms with van der Waals surface area (Å²) in [4.78, 5) is 15.0. The van der Waals surface area contributed by atoms with Crippen molar-refractivity contribution in [1.29, 1.82) is 0 Å². The van der Waals surface area contributed by atoms with E-state index in [1.54, 1.807) is 12.1 Å². The minimum Gasteiger partial charge on any atom is -0.388 e. The van der Waals surface area contributed by atoms with Gasteiger partial charge in [0.15, 0.2) is 0 Å². The van der Waals surface area contributed by atoms with E-state index in [9.17, 15) is 9.90 Å². The highest BCUT2D eigenvalue weighted by Crippen LogP contribution is 2.32. The van der Waals surface area contributed by atoms with Crippen LogP contribution < -0.4 is 11.1 Å². The quantitative estimate of drug-likeness (QED) is 0.768. The van der Waals surface area contributed by atoms with Crippen molar-refractivity contribution in [2.45, 2.75) is 38.2 Å². The van der Waals surface area contributed by atoms with E-state index >= 15 is 0 Å². The molecule has 1 amide bonds. The predicted octanol–water partition coefficient (Wildman–Crippen LogP) is 1.53. The lowest BCUT2D eigenvalue weighted by Gasteiger charge is -2.35. The average molecular weight is 263 g/mol. The highest BCUT2D eigenvalue weighted by molar-refractivity contribution is 5.92. The standard InChI is InChI=1S/C14H21N3O2/c1-10-3-2-6-14(19,7-10)9-17-12-5-4-11(8-16-12)13(15)18/h4-5,8,10,19H,2-3,6-7,9H2,1H3,(H2,15,18)(H,16,17). The van der Waals surface area contributed by atoms with Crippen LogP contribution >= 0.6 is 0 Å². The molecule has 1 heterocycles. The normalized spacial score (nSPS) is 26.9. The predicted molar refractivity (Wildman–Crippen MR) is 73.8 cm³/mol. The minimum atomic E-state index is -0.651. The number of amides is 1. The lowest BCUT2D eigenvalue weighted by molar-refractivity contribution is -0.000831. The van der Waals surface area contributed by atoms with E-state index < -0.39 is 11.5 Å². The molecule has 19 heavy (non-hydrogen) atoms. The van der Waals surface area contributed by atoms with Crippen LogP contribution in [0.1, 0.15) is 43.0 Å². The first kappa shape index (κ1) is 13.8. The van der Waals surface area contributed by atoms with Gasteiger partial charge < -0.3 is 16.2 Å². The Morgan fingerprint density at radius 1 is 1.63 bits per heavy atom. The largest absolute Gasteiger partial charge is 0.388 e. The molecule has 1 aliphatic carbocycles. The van der Waals surface area contributed by atoms with Gasteiger partial charge >= 0.3 is 0 Å². The van der Waals surface area contributed by atoms with Crippen LogP contribution in [0, 0.1) is 5.92 Å². The van der Waals surface area contributed by atoms with Gasteiger partial charge in [0.1, 0.15) is 5.82 Å². The molecule has 1 aromatic rings. The van der Waals surface area contributed by atoms with E-state index in [4.69, 9.17) is 5.73 Å². The molecule has 0 bridgehead atoms. The molecule has 4 N–H and O–H groups in total. The number of hydrogen-bond donors (Lipinski definition) is 3. The number of rotatable bonds is 4. The number of nitrogens with zero attached hydrogens (tertiary/aromatic N) is 1. The van der Waals surface area contributed by atoms with Crippen molar-refractivity contribution in [2.75, 3.05) is 11.9 Å². The van der Waals surface area contributed by atoms with Crippen LogP contribution in [-0.2, 0) is 0 Å². The van der Waals surface area contributed by atoms with Crippen LogP contribution in [0.15, 0.2) is 18.3 Å². The van der Waals surface area contributed by atoms with E-state index in [0.29, 0.717) is 23.8 Å². The second-order valence-corrected chi connectivity index (χ2v) is 5.58. The summed E-state index contributed by atoms with van der Waals surface area (Å²) in [6.07, 6.45) is 5.34. The fourth-order valence-electron chi connectivity index (χ4n) is 2.69. The first-order chi connectivity index (χ1) is 8.98. The molecule has 2 rings (SSSR count). The Morgan fingerprint density at radius 2 is 2.42 bits per heavy atom. The van der Waals surface area contributed by atoms with E-state index in [1.807, 2.05) is 0 Å². The molecule has 2 atom stereocenters. The van der Waals surface area contributed by atoms with E-state index in [2.05, 4.69) is 17.2 Å². The molecule has 1 fully saturated rings. The van der Waals surface area contributed by atoms with Crippen LogP contribution in [0.5, 0.6) is 0 Å². The van der Waals surface area contributed by atoms with Gasteiger partial charge in [-0.3, -0.25) is 4.79 Å². The number of aliphatic hydroxyl groups is 1. The maximum atomic E-state index is 10.9. The van der Waals surface area contributed by atoms with Crippen molar-refractivity contribution >= 4 is 11.7 Å². The van der Waals surface area contributed by atoms with Gasteiger partial charge in [0.05, 0.1) is 11.2 Å². The van der Waals surface area contributed by atoms with Gasteiger partial charge in [-0.2, -0.15) is 0 Å². The summed E-state index contributed by atoms with van der Waals surface area (Å²) in [5.74, 6) is 0.723. The lowest BCUT2D eigenvalue weighted by Crippen LogP contribution is -2.41. The molecule has 5 nitrogen and oxygen atoms in total. The minimum absolute atomic E-state index is 0.385. The Morgan fingerprint density at radius 3 is 3.00 bits per heavy atom. The first-order valence-electron chi connectivity index (χ1n) is 6.71. The third-order valence-electron chi connectivity index (χ3n) is 3.71. The highest BCUT2D eigenvalue weighted by Gasteiger charge is 2.32. The van der Waals surface area contributed by atoms with Crippen LogP contribution in [0.3, 0.4) is 0 Å². The molecule has 104 valence electrons. The molecule has 0 aromatic carbocycles. The van der Waals surface area contributed by atoms with Crippen molar-refractivity contribution in [3.63, 3.8) is 0 Å². The number of nitrogens with one attached hydrogen (secondary N) is 1. The lowest BCUT2D eigenvalue weighted by atomic mass is 9.79. The summed E-state index contributed by atoms with van der Waals surface area (Å²) < 4.78 is 0. The maximum Gasteiger partial charge on any atom is 0.250 e.